The van der Waals surface area contributed by atoms with Crippen molar-refractivity contribution in [2.45, 2.75) is 0 Å². The monoisotopic (exact) mass is 218 g/mol. The summed E-state index contributed by atoms with van der Waals surface area (Å²) >= 11 is 5.00. The maximum atomic E-state index is 5.50. The van der Waals surface area contributed by atoms with Gasteiger partial charge in [-0.15, -0.1) is 0 Å². The number of fused-ring (bicyclic) bond motifs is 1. The van der Waals surface area contributed by atoms with E-state index in [2.05, 4.69) is 6.58 Å². The van der Waals surface area contributed by atoms with E-state index in [4.69, 9.17) is 21.4 Å². The summed E-state index contributed by atoms with van der Waals surface area (Å²) in [6.45, 7) is 4.06. The fourth-order valence-electron chi connectivity index (χ4n) is 1.35. The van der Waals surface area contributed by atoms with Crippen molar-refractivity contribution in [1.29, 1.82) is 0 Å². The molecule has 3 heteroatoms. The van der Waals surface area contributed by atoms with E-state index in [9.17, 15) is 0 Å². The van der Waals surface area contributed by atoms with Crippen LogP contribution in [0.5, 0.6) is 5.75 Å². The van der Waals surface area contributed by atoms with E-state index in [1.807, 2.05) is 24.3 Å². The second-order valence-electron chi connectivity index (χ2n) is 3.03. The predicted octanol–water partition coefficient (Wildman–Crippen LogP) is 3.73. The molecule has 0 aliphatic rings. The molecule has 1 aromatic carbocycles. The topological polar surface area (TPSA) is 22.4 Å². The van der Waals surface area contributed by atoms with Crippen LogP contribution in [0.3, 0.4) is 0 Å². The molecule has 0 N–H and O–H groups in total. The smallest absolute Gasteiger partial charge is 0.194 e. The Labute approximate surface area is 92.8 Å². The van der Waals surface area contributed by atoms with E-state index in [0.717, 1.165) is 16.7 Å². The molecule has 2 aromatic rings. The third-order valence-corrected chi connectivity index (χ3v) is 2.17. The Bertz CT molecular complexity index is 543. The van der Waals surface area contributed by atoms with Gasteiger partial charge in [0, 0.05) is 6.07 Å². The van der Waals surface area contributed by atoms with Gasteiger partial charge in [0.2, 0.25) is 0 Å². The van der Waals surface area contributed by atoms with Crippen molar-refractivity contribution in [2.75, 3.05) is 6.61 Å². The minimum Gasteiger partial charge on any atom is -0.489 e. The van der Waals surface area contributed by atoms with Crippen LogP contribution in [0, 0.1) is 4.71 Å². The lowest BCUT2D eigenvalue weighted by molar-refractivity contribution is 0.364. The lowest BCUT2D eigenvalue weighted by Gasteiger charge is -2.05. The van der Waals surface area contributed by atoms with Crippen LogP contribution in [-0.4, -0.2) is 6.61 Å². The van der Waals surface area contributed by atoms with Gasteiger partial charge >= 0.3 is 0 Å². The van der Waals surface area contributed by atoms with Gasteiger partial charge in [-0.3, -0.25) is 0 Å². The van der Waals surface area contributed by atoms with Gasteiger partial charge in [-0.2, -0.15) is 0 Å². The summed E-state index contributed by atoms with van der Waals surface area (Å²) in [6, 6.07) is 9.35. The number of hydrogen-bond acceptors (Lipinski definition) is 3. The van der Waals surface area contributed by atoms with Gasteiger partial charge in [-0.05, 0) is 24.4 Å². The molecule has 15 heavy (non-hydrogen) atoms. The fourth-order valence-corrected chi connectivity index (χ4v) is 1.55. The van der Waals surface area contributed by atoms with Gasteiger partial charge in [-0.25, -0.2) is 0 Å². The Hall–Kier alpha value is -1.61. The summed E-state index contributed by atoms with van der Waals surface area (Å²) in [7, 11) is 0. The largest absolute Gasteiger partial charge is 0.489 e. The van der Waals surface area contributed by atoms with Crippen molar-refractivity contribution in [1.82, 2.24) is 0 Å². The molecule has 0 fully saturated rings. The fraction of sp³-hybridized carbons (Fsp3) is 0.0833. The predicted molar refractivity (Wildman–Crippen MR) is 62.7 cm³/mol. The van der Waals surface area contributed by atoms with Crippen molar-refractivity contribution in [2.24, 2.45) is 0 Å². The minimum atomic E-state index is 0.424. The average Bonchev–Trinajstić information content (AvgIpc) is 2.25. The van der Waals surface area contributed by atoms with E-state index in [1.54, 1.807) is 12.1 Å². The molecular formula is C12H10O2S. The highest BCUT2D eigenvalue weighted by atomic mass is 32.1. The number of ether oxygens (including phenoxy) is 1. The Morgan fingerprint density at radius 3 is 3.00 bits per heavy atom. The molecule has 0 saturated heterocycles. The molecule has 0 amide bonds. The molecule has 0 bridgehead atoms. The van der Waals surface area contributed by atoms with Crippen LogP contribution in [0.25, 0.3) is 11.0 Å². The lowest BCUT2D eigenvalue weighted by Crippen LogP contribution is -1.93. The Kier molecular flexibility index (Phi) is 2.83. The molecule has 1 heterocycles. The standard InChI is InChI=1S/C12H10O2S/c1-2-7-13-11-8-12(15)14-10-6-4-3-5-9(10)11/h2-6,8H,1,7H2. The van der Waals surface area contributed by atoms with Crippen LogP contribution in [0.2, 0.25) is 0 Å². The summed E-state index contributed by atoms with van der Waals surface area (Å²) in [5, 5.41) is 0.924. The summed E-state index contributed by atoms with van der Waals surface area (Å²) in [5.74, 6) is 0.738. The lowest BCUT2D eigenvalue weighted by atomic mass is 10.2. The first kappa shape index (κ1) is 9.93. The van der Waals surface area contributed by atoms with Gasteiger partial charge < -0.3 is 9.15 Å². The molecule has 1 aromatic heterocycles. The molecular weight excluding hydrogens is 208 g/mol. The van der Waals surface area contributed by atoms with Crippen molar-refractivity contribution in [3.8, 4) is 5.75 Å². The Balaban J connectivity index is 2.60. The molecule has 0 aliphatic heterocycles. The Morgan fingerprint density at radius 1 is 1.40 bits per heavy atom. The zero-order valence-electron chi connectivity index (χ0n) is 8.10. The molecule has 0 spiro atoms. The maximum Gasteiger partial charge on any atom is 0.194 e. The third kappa shape index (κ3) is 2.07. The minimum absolute atomic E-state index is 0.424. The number of para-hydroxylation sites is 1. The van der Waals surface area contributed by atoms with Gasteiger partial charge in [0.15, 0.2) is 4.71 Å². The van der Waals surface area contributed by atoms with Crippen molar-refractivity contribution < 1.29 is 9.15 Å². The highest BCUT2D eigenvalue weighted by Gasteiger charge is 2.03. The molecule has 76 valence electrons. The second-order valence-corrected chi connectivity index (χ2v) is 3.43. The maximum absolute atomic E-state index is 5.50. The highest BCUT2D eigenvalue weighted by molar-refractivity contribution is 7.71. The van der Waals surface area contributed by atoms with Crippen LogP contribution in [0.1, 0.15) is 0 Å². The molecule has 2 rings (SSSR count). The molecule has 0 unspecified atom stereocenters. The second kappa shape index (κ2) is 4.28. The molecule has 0 aliphatic carbocycles. The van der Waals surface area contributed by atoms with Crippen molar-refractivity contribution in [3.63, 3.8) is 0 Å². The van der Waals surface area contributed by atoms with E-state index >= 15 is 0 Å². The first-order valence-electron chi connectivity index (χ1n) is 4.58. The highest BCUT2D eigenvalue weighted by Crippen LogP contribution is 2.25. The molecule has 0 atom stereocenters. The quantitative estimate of drug-likeness (QED) is 0.579. The van der Waals surface area contributed by atoms with Crippen LogP contribution in [0.15, 0.2) is 47.4 Å². The van der Waals surface area contributed by atoms with E-state index in [1.165, 1.54) is 0 Å². The van der Waals surface area contributed by atoms with Crippen LogP contribution >= 0.6 is 12.2 Å². The molecule has 0 radical (unpaired) electrons. The van der Waals surface area contributed by atoms with E-state index in [0.29, 0.717) is 11.3 Å². The number of benzene rings is 1. The number of rotatable bonds is 3. The zero-order valence-corrected chi connectivity index (χ0v) is 8.92. The summed E-state index contributed by atoms with van der Waals surface area (Å²) in [4.78, 5) is 0. The van der Waals surface area contributed by atoms with Gasteiger partial charge in [-0.1, -0.05) is 24.8 Å². The van der Waals surface area contributed by atoms with Crippen molar-refractivity contribution >= 4 is 23.2 Å². The summed E-state index contributed by atoms with van der Waals surface area (Å²) in [6.07, 6.45) is 1.70. The summed E-state index contributed by atoms with van der Waals surface area (Å²) in [5.41, 5.74) is 0.740. The Morgan fingerprint density at radius 2 is 2.20 bits per heavy atom. The van der Waals surface area contributed by atoms with Crippen LogP contribution in [0.4, 0.5) is 0 Å². The third-order valence-electron chi connectivity index (χ3n) is 1.97. The van der Waals surface area contributed by atoms with Gasteiger partial charge in [0.25, 0.3) is 0 Å². The van der Waals surface area contributed by atoms with Crippen LogP contribution < -0.4 is 4.74 Å². The summed E-state index contributed by atoms with van der Waals surface area (Å²) < 4.78 is 11.3. The normalized spacial score (nSPS) is 10.1. The SMILES string of the molecule is C=CCOc1cc(=S)oc2ccccc12. The van der Waals surface area contributed by atoms with Crippen LogP contribution in [-0.2, 0) is 0 Å². The zero-order chi connectivity index (χ0) is 10.7. The first-order valence-corrected chi connectivity index (χ1v) is 4.98. The average molecular weight is 218 g/mol. The molecule has 0 saturated carbocycles. The van der Waals surface area contributed by atoms with E-state index in [-0.39, 0.29) is 0 Å². The molecule has 2 nitrogen and oxygen atoms in total. The van der Waals surface area contributed by atoms with Gasteiger partial charge in [0.1, 0.15) is 17.9 Å². The first-order chi connectivity index (χ1) is 7.31. The van der Waals surface area contributed by atoms with Crippen molar-refractivity contribution in [3.05, 3.63) is 47.7 Å². The van der Waals surface area contributed by atoms with Gasteiger partial charge in [0.05, 0.1) is 5.39 Å². The van der Waals surface area contributed by atoms with E-state index < -0.39 is 0 Å². The number of hydrogen-bond donors (Lipinski definition) is 0.